The van der Waals surface area contributed by atoms with Gasteiger partial charge in [0.05, 0.1) is 26.4 Å². The molecule has 0 aliphatic carbocycles. The van der Waals surface area contributed by atoms with Crippen LogP contribution in [0.2, 0.25) is 0 Å². The fourth-order valence-corrected chi connectivity index (χ4v) is 3.36. The summed E-state index contributed by atoms with van der Waals surface area (Å²) in [5.41, 5.74) is 1.52. The van der Waals surface area contributed by atoms with Crippen LogP contribution >= 0.6 is 0 Å². The third kappa shape index (κ3) is 10.4. The number of fused-ring (bicyclic) bond motifs is 1. The van der Waals surface area contributed by atoms with E-state index in [0.29, 0.717) is 35.9 Å². The molecule has 0 saturated carbocycles. The van der Waals surface area contributed by atoms with Crippen molar-refractivity contribution in [2.24, 2.45) is 0 Å². The van der Waals surface area contributed by atoms with Crippen molar-refractivity contribution in [3.05, 3.63) is 85.5 Å². The van der Waals surface area contributed by atoms with Gasteiger partial charge in [-0.15, -0.1) is 13.2 Å². The monoisotopic (exact) mass is 538 g/mol. The van der Waals surface area contributed by atoms with Gasteiger partial charge in [0.25, 0.3) is 0 Å². The van der Waals surface area contributed by atoms with E-state index in [0.717, 1.165) is 16.3 Å². The lowest BCUT2D eigenvalue weighted by Gasteiger charge is -2.20. The minimum atomic E-state index is -0.609. The third-order valence-electron chi connectivity index (χ3n) is 5.39. The van der Waals surface area contributed by atoms with E-state index < -0.39 is 24.1 Å². The van der Waals surface area contributed by atoms with Gasteiger partial charge in [-0.1, -0.05) is 37.4 Å². The summed E-state index contributed by atoms with van der Waals surface area (Å²) in [7, 11) is 0. The average molecular weight is 539 g/mol. The minimum Gasteiger partial charge on any atom is -0.490 e. The number of esters is 2. The predicted molar refractivity (Wildman–Crippen MR) is 151 cm³/mol. The maximum atomic E-state index is 12.0. The second-order valence-corrected chi connectivity index (χ2v) is 8.96. The molecule has 0 bridgehead atoms. The molecule has 0 aromatic heterocycles. The van der Waals surface area contributed by atoms with Gasteiger partial charge in [-0.2, -0.15) is 0 Å². The van der Waals surface area contributed by atoms with E-state index in [9.17, 15) is 9.59 Å². The lowest BCUT2D eigenvalue weighted by Crippen LogP contribution is -2.30. The maximum Gasteiger partial charge on any atom is 0.333 e. The summed E-state index contributed by atoms with van der Waals surface area (Å²) in [5, 5.41) is 1.91. The number of aryl methyl sites for hydroxylation is 1. The van der Waals surface area contributed by atoms with E-state index in [2.05, 4.69) is 26.3 Å². The van der Waals surface area contributed by atoms with Crippen molar-refractivity contribution in [2.45, 2.75) is 33.0 Å². The van der Waals surface area contributed by atoms with Crippen LogP contribution in [0.3, 0.4) is 0 Å². The van der Waals surface area contributed by atoms with Crippen LogP contribution in [0, 0.1) is 6.92 Å². The first kappa shape index (κ1) is 31.3. The van der Waals surface area contributed by atoms with Crippen molar-refractivity contribution in [1.29, 1.82) is 0 Å². The number of carbonyl (C=O) groups excluding carboxylic acids is 2. The Bertz CT molecular complexity index is 1180. The molecule has 8 heteroatoms. The van der Waals surface area contributed by atoms with Crippen LogP contribution in [-0.4, -0.2) is 63.8 Å². The molecule has 0 radical (unpaired) electrons. The Morgan fingerprint density at radius 2 is 1.33 bits per heavy atom. The molecule has 0 fully saturated rings. The second-order valence-electron chi connectivity index (χ2n) is 8.96. The Hall–Kier alpha value is -3.88. The first-order chi connectivity index (χ1) is 18.7. The summed E-state index contributed by atoms with van der Waals surface area (Å²) in [6, 6.07) is 9.43. The van der Waals surface area contributed by atoms with Crippen LogP contribution in [-0.2, 0) is 28.5 Å². The summed E-state index contributed by atoms with van der Waals surface area (Å²) >= 11 is 0. The standard InChI is InChI=1S/C31H38O8/c1-8-14-34-17-26(38-30(32)21(3)4)19-36-25-11-12-28-23(7)29(13-10-24(28)16-25)37-20-27(18-35-15-9-2)39-31(33)22(5)6/h8-13,16,26-27H,1-3,5,14-15,17-20H2,4,6-7H3. The molecule has 0 N–H and O–H groups in total. The van der Waals surface area contributed by atoms with Gasteiger partial charge in [0.1, 0.15) is 24.7 Å². The number of rotatable bonds is 18. The first-order valence-electron chi connectivity index (χ1n) is 12.6. The highest BCUT2D eigenvalue weighted by atomic mass is 16.6. The molecule has 0 aliphatic rings. The van der Waals surface area contributed by atoms with Gasteiger partial charge in [0, 0.05) is 11.1 Å². The molecule has 0 spiro atoms. The van der Waals surface area contributed by atoms with Crippen LogP contribution in [0.1, 0.15) is 19.4 Å². The van der Waals surface area contributed by atoms with Gasteiger partial charge in [0.15, 0.2) is 12.2 Å². The largest absolute Gasteiger partial charge is 0.490 e. The summed E-state index contributed by atoms with van der Waals surface area (Å²) in [5.74, 6) is 0.262. The molecule has 39 heavy (non-hydrogen) atoms. The van der Waals surface area contributed by atoms with Crippen LogP contribution in [0.15, 0.2) is 79.9 Å². The summed E-state index contributed by atoms with van der Waals surface area (Å²) in [6.45, 7) is 20.8. The molecule has 0 aliphatic heterocycles. The number of hydrogen-bond donors (Lipinski definition) is 0. The minimum absolute atomic E-state index is 0.111. The molecule has 2 aromatic rings. The van der Waals surface area contributed by atoms with Gasteiger partial charge in [-0.3, -0.25) is 0 Å². The fourth-order valence-electron chi connectivity index (χ4n) is 3.36. The van der Waals surface area contributed by atoms with Crippen molar-refractivity contribution < 1.29 is 38.0 Å². The second kappa shape index (κ2) is 16.2. The topological polar surface area (TPSA) is 89.5 Å². The van der Waals surface area contributed by atoms with Crippen LogP contribution < -0.4 is 9.47 Å². The Morgan fingerprint density at radius 3 is 1.85 bits per heavy atom. The quantitative estimate of drug-likeness (QED) is 0.110. The van der Waals surface area contributed by atoms with E-state index in [4.69, 9.17) is 28.4 Å². The molecule has 2 aromatic carbocycles. The highest BCUT2D eigenvalue weighted by Gasteiger charge is 2.19. The molecule has 0 heterocycles. The van der Waals surface area contributed by atoms with Crippen molar-refractivity contribution in [3.63, 3.8) is 0 Å². The average Bonchev–Trinajstić information content (AvgIpc) is 2.90. The van der Waals surface area contributed by atoms with E-state index >= 15 is 0 Å². The summed E-state index contributed by atoms with van der Waals surface area (Å²) in [6.07, 6.45) is 2.02. The number of benzene rings is 2. The molecule has 2 rings (SSSR count). The Morgan fingerprint density at radius 1 is 0.795 bits per heavy atom. The zero-order chi connectivity index (χ0) is 28.8. The normalized spacial score (nSPS) is 12.2. The van der Waals surface area contributed by atoms with E-state index in [1.807, 2.05) is 37.3 Å². The lowest BCUT2D eigenvalue weighted by molar-refractivity contribution is -0.149. The Labute approximate surface area is 230 Å². The molecule has 2 atom stereocenters. The van der Waals surface area contributed by atoms with Crippen LogP contribution in [0.25, 0.3) is 10.8 Å². The molecule has 2 unspecified atom stereocenters. The third-order valence-corrected chi connectivity index (χ3v) is 5.39. The fraction of sp³-hybridized carbons (Fsp3) is 0.355. The molecular formula is C31H38O8. The Kier molecular flexibility index (Phi) is 13.0. The highest BCUT2D eigenvalue weighted by Crippen LogP contribution is 2.30. The number of carbonyl (C=O) groups is 2. The summed E-state index contributed by atoms with van der Waals surface area (Å²) < 4.78 is 33.7. The first-order valence-corrected chi connectivity index (χ1v) is 12.6. The van der Waals surface area contributed by atoms with E-state index in [1.165, 1.54) is 0 Å². The predicted octanol–water partition coefficient (Wildman–Crippen LogP) is 5.29. The maximum absolute atomic E-state index is 12.0. The van der Waals surface area contributed by atoms with Gasteiger partial charge in [-0.05, 0) is 55.3 Å². The molecule has 0 saturated heterocycles. The molecular weight excluding hydrogens is 500 g/mol. The molecule has 0 amide bonds. The molecule has 210 valence electrons. The zero-order valence-electron chi connectivity index (χ0n) is 23.0. The molecule has 8 nitrogen and oxygen atoms in total. The van der Waals surface area contributed by atoms with Crippen molar-refractivity contribution in [1.82, 2.24) is 0 Å². The van der Waals surface area contributed by atoms with Crippen molar-refractivity contribution in [2.75, 3.05) is 39.6 Å². The van der Waals surface area contributed by atoms with Gasteiger partial charge < -0.3 is 28.4 Å². The van der Waals surface area contributed by atoms with Crippen LogP contribution in [0.5, 0.6) is 11.5 Å². The highest BCUT2D eigenvalue weighted by molar-refractivity contribution is 5.89. The smallest absolute Gasteiger partial charge is 0.333 e. The lowest BCUT2D eigenvalue weighted by atomic mass is 10.0. The van der Waals surface area contributed by atoms with Crippen LogP contribution in [0.4, 0.5) is 0 Å². The van der Waals surface area contributed by atoms with Crippen molar-refractivity contribution >= 4 is 22.7 Å². The zero-order valence-corrected chi connectivity index (χ0v) is 23.0. The SMILES string of the molecule is C=CCOCC(COc1ccc2c(C)c(OCC(COCC=C)OC(=O)C(=C)C)ccc2c1)OC(=O)C(=C)C. The van der Waals surface area contributed by atoms with Gasteiger partial charge in [-0.25, -0.2) is 9.59 Å². The number of ether oxygens (including phenoxy) is 6. The Balaban J connectivity index is 2.09. The number of hydrogen-bond acceptors (Lipinski definition) is 8. The van der Waals surface area contributed by atoms with Gasteiger partial charge in [0.2, 0.25) is 0 Å². The summed E-state index contributed by atoms with van der Waals surface area (Å²) in [4.78, 5) is 24.0. The van der Waals surface area contributed by atoms with E-state index in [-0.39, 0.29) is 26.4 Å². The van der Waals surface area contributed by atoms with Gasteiger partial charge >= 0.3 is 11.9 Å². The van der Waals surface area contributed by atoms with Crippen molar-refractivity contribution in [3.8, 4) is 11.5 Å². The van der Waals surface area contributed by atoms with E-state index in [1.54, 1.807) is 26.0 Å².